The molecule has 1 atom stereocenters. The lowest BCUT2D eigenvalue weighted by molar-refractivity contribution is -0.315. The van der Waals surface area contributed by atoms with Gasteiger partial charge in [0.15, 0.2) is 0 Å². The van der Waals surface area contributed by atoms with Crippen molar-refractivity contribution in [2.45, 2.75) is 257 Å². The summed E-state index contributed by atoms with van der Waals surface area (Å²) in [4.78, 5) is 2.38. The predicted molar refractivity (Wildman–Crippen MR) is 218 cm³/mol. The standard InChI is InChI=1S/C45H92N2O2/c1-5-8-10-12-14-16-18-20-22-24-26-28-30-32-34-36-41-48-45(7-3,47(4)43-44-39-38-40-46-44)49-42-37-35-33-31-29-27-25-23-21-19-17-15-13-11-9-6-2/h44,46H,5-43H2,1-4H3. The molecule has 1 fully saturated rings. The van der Waals surface area contributed by atoms with Crippen molar-refractivity contribution in [2.24, 2.45) is 0 Å². The highest BCUT2D eigenvalue weighted by molar-refractivity contribution is 4.80. The first-order valence-corrected chi connectivity index (χ1v) is 22.9. The number of hydrogen-bond acceptors (Lipinski definition) is 4. The van der Waals surface area contributed by atoms with Gasteiger partial charge in [0.25, 0.3) is 0 Å². The van der Waals surface area contributed by atoms with Gasteiger partial charge in [-0.3, -0.25) is 4.90 Å². The largest absolute Gasteiger partial charge is 0.337 e. The van der Waals surface area contributed by atoms with Gasteiger partial charge in [0, 0.05) is 19.0 Å². The van der Waals surface area contributed by atoms with Crippen LogP contribution in [-0.2, 0) is 9.47 Å². The normalized spacial score (nSPS) is 15.2. The summed E-state index contributed by atoms with van der Waals surface area (Å²) in [6.07, 6.45) is 48.3. The second kappa shape index (κ2) is 36.2. The van der Waals surface area contributed by atoms with E-state index in [4.69, 9.17) is 9.47 Å². The molecule has 1 aliphatic rings. The quantitative estimate of drug-likeness (QED) is 0.0512. The van der Waals surface area contributed by atoms with Crippen molar-refractivity contribution in [3.63, 3.8) is 0 Å². The third kappa shape index (κ3) is 28.1. The molecule has 0 aliphatic carbocycles. The van der Waals surface area contributed by atoms with Crippen LogP contribution in [0.3, 0.4) is 0 Å². The highest BCUT2D eigenvalue weighted by atomic mass is 16.7. The van der Waals surface area contributed by atoms with Gasteiger partial charge in [0.05, 0.1) is 13.2 Å². The zero-order chi connectivity index (χ0) is 35.4. The van der Waals surface area contributed by atoms with Gasteiger partial charge in [-0.15, -0.1) is 0 Å². The fraction of sp³-hybridized carbons (Fsp3) is 1.00. The fourth-order valence-corrected chi connectivity index (χ4v) is 7.88. The Labute approximate surface area is 309 Å². The zero-order valence-corrected chi connectivity index (χ0v) is 34.4. The predicted octanol–water partition coefficient (Wildman–Crippen LogP) is 14.3. The monoisotopic (exact) mass is 693 g/mol. The van der Waals surface area contributed by atoms with Crippen LogP contribution in [0.2, 0.25) is 0 Å². The van der Waals surface area contributed by atoms with Crippen LogP contribution in [0.25, 0.3) is 0 Å². The fourth-order valence-electron chi connectivity index (χ4n) is 7.88. The van der Waals surface area contributed by atoms with Crippen LogP contribution in [0, 0.1) is 0 Å². The molecule has 4 nitrogen and oxygen atoms in total. The van der Waals surface area contributed by atoms with Gasteiger partial charge in [0.2, 0.25) is 5.91 Å². The van der Waals surface area contributed by atoms with E-state index >= 15 is 0 Å². The van der Waals surface area contributed by atoms with Gasteiger partial charge in [-0.1, -0.05) is 213 Å². The van der Waals surface area contributed by atoms with Crippen LogP contribution in [0.1, 0.15) is 245 Å². The number of rotatable bonds is 40. The molecule has 1 aliphatic heterocycles. The Hall–Kier alpha value is -0.160. The van der Waals surface area contributed by atoms with E-state index in [2.05, 4.69) is 38.0 Å². The number of ether oxygens (including phenoxy) is 2. The summed E-state index contributed by atoms with van der Waals surface area (Å²) in [5, 5.41) is 3.68. The molecule has 0 radical (unpaired) electrons. The molecule has 49 heavy (non-hydrogen) atoms. The maximum Gasteiger partial charge on any atom is 0.229 e. The summed E-state index contributed by atoms with van der Waals surface area (Å²) in [5.41, 5.74) is 0. The van der Waals surface area contributed by atoms with Gasteiger partial charge in [0.1, 0.15) is 0 Å². The second-order valence-electron chi connectivity index (χ2n) is 16.0. The summed E-state index contributed by atoms with van der Waals surface area (Å²) in [7, 11) is 2.23. The van der Waals surface area contributed by atoms with Crippen molar-refractivity contribution in [3.05, 3.63) is 0 Å². The van der Waals surface area contributed by atoms with E-state index in [-0.39, 0.29) is 0 Å². The van der Waals surface area contributed by atoms with Crippen LogP contribution in [0.5, 0.6) is 0 Å². The summed E-state index contributed by atoms with van der Waals surface area (Å²) < 4.78 is 13.3. The highest BCUT2D eigenvalue weighted by Gasteiger charge is 2.36. The molecule has 294 valence electrons. The molecule has 1 unspecified atom stereocenters. The first-order valence-electron chi connectivity index (χ1n) is 22.9. The Morgan fingerprint density at radius 3 is 1.04 bits per heavy atom. The minimum absolute atomic E-state index is 0.564. The lowest BCUT2D eigenvalue weighted by atomic mass is 10.0. The van der Waals surface area contributed by atoms with Gasteiger partial charge >= 0.3 is 0 Å². The minimum Gasteiger partial charge on any atom is -0.337 e. The maximum absolute atomic E-state index is 6.67. The van der Waals surface area contributed by atoms with Gasteiger partial charge < -0.3 is 14.8 Å². The molecule has 1 N–H and O–H groups in total. The molecule has 0 saturated carbocycles. The molecule has 1 rings (SSSR count). The Morgan fingerprint density at radius 1 is 0.469 bits per heavy atom. The Balaban J connectivity index is 2.13. The van der Waals surface area contributed by atoms with Crippen molar-refractivity contribution in [1.82, 2.24) is 10.2 Å². The second-order valence-corrected chi connectivity index (χ2v) is 16.0. The minimum atomic E-state index is -0.574. The van der Waals surface area contributed by atoms with Crippen LogP contribution in [0.15, 0.2) is 0 Å². The summed E-state index contributed by atoms with van der Waals surface area (Å²) >= 11 is 0. The Kier molecular flexibility index (Phi) is 34.6. The van der Waals surface area contributed by atoms with E-state index in [0.29, 0.717) is 6.04 Å². The topological polar surface area (TPSA) is 33.7 Å². The third-order valence-corrected chi connectivity index (χ3v) is 11.3. The molecule has 1 saturated heterocycles. The summed E-state index contributed by atoms with van der Waals surface area (Å²) in [6, 6.07) is 0.564. The van der Waals surface area contributed by atoms with Gasteiger partial charge in [-0.2, -0.15) is 0 Å². The first kappa shape index (κ1) is 46.9. The van der Waals surface area contributed by atoms with Crippen LogP contribution >= 0.6 is 0 Å². The average molecular weight is 693 g/mol. The SMILES string of the molecule is CCCCCCCCCCCCCCCCCCOC(CC)(OCCCCCCCCCCCCCCCCCC)N(C)CC1CCCN1. The molecule has 1 heterocycles. The number of nitrogens with one attached hydrogen (secondary N) is 1. The van der Waals surface area contributed by atoms with E-state index < -0.39 is 5.91 Å². The van der Waals surface area contributed by atoms with Crippen molar-refractivity contribution in [2.75, 3.05) is 33.4 Å². The molecule has 0 amide bonds. The summed E-state index contributed by atoms with van der Waals surface area (Å²) in [5.74, 6) is -0.574. The summed E-state index contributed by atoms with van der Waals surface area (Å²) in [6.45, 7) is 10.6. The molecular weight excluding hydrogens is 601 g/mol. The van der Waals surface area contributed by atoms with E-state index in [0.717, 1.165) is 45.6 Å². The molecule has 4 heteroatoms. The number of unbranched alkanes of at least 4 members (excludes halogenated alkanes) is 30. The van der Waals surface area contributed by atoms with E-state index in [1.54, 1.807) is 0 Å². The molecule has 0 aromatic carbocycles. The van der Waals surface area contributed by atoms with Crippen molar-refractivity contribution < 1.29 is 9.47 Å². The van der Waals surface area contributed by atoms with Crippen LogP contribution in [-0.4, -0.2) is 50.2 Å². The van der Waals surface area contributed by atoms with Crippen molar-refractivity contribution in [1.29, 1.82) is 0 Å². The average Bonchev–Trinajstić information content (AvgIpc) is 3.63. The third-order valence-electron chi connectivity index (χ3n) is 11.3. The van der Waals surface area contributed by atoms with Crippen LogP contribution < -0.4 is 5.32 Å². The molecule has 0 spiro atoms. The number of nitrogens with zero attached hydrogens (tertiary/aromatic N) is 1. The lowest BCUT2D eigenvalue weighted by Gasteiger charge is -2.41. The number of hydrogen-bond donors (Lipinski definition) is 1. The molecule has 0 aromatic heterocycles. The maximum atomic E-state index is 6.67. The number of likely N-dealkylation sites (N-methyl/N-ethyl adjacent to an activating group) is 1. The van der Waals surface area contributed by atoms with Gasteiger partial charge in [-0.05, 0) is 39.3 Å². The first-order chi connectivity index (χ1) is 24.2. The van der Waals surface area contributed by atoms with E-state index in [1.165, 1.54) is 205 Å². The highest BCUT2D eigenvalue weighted by Crippen LogP contribution is 2.25. The lowest BCUT2D eigenvalue weighted by Crippen LogP contribution is -2.54. The van der Waals surface area contributed by atoms with Crippen molar-refractivity contribution >= 4 is 0 Å². The van der Waals surface area contributed by atoms with Crippen LogP contribution in [0.4, 0.5) is 0 Å². The molecule has 0 aromatic rings. The van der Waals surface area contributed by atoms with E-state index in [9.17, 15) is 0 Å². The van der Waals surface area contributed by atoms with E-state index in [1.807, 2.05) is 0 Å². The smallest absolute Gasteiger partial charge is 0.229 e. The zero-order valence-electron chi connectivity index (χ0n) is 34.4. The van der Waals surface area contributed by atoms with Gasteiger partial charge in [-0.25, -0.2) is 0 Å². The Bertz CT molecular complexity index is 600. The molecule has 0 bridgehead atoms. The Morgan fingerprint density at radius 2 is 0.776 bits per heavy atom. The molecular formula is C45H92N2O2. The van der Waals surface area contributed by atoms with Crippen molar-refractivity contribution in [3.8, 4) is 0 Å².